The van der Waals surface area contributed by atoms with Gasteiger partial charge < -0.3 is 10.1 Å². The monoisotopic (exact) mass is 389 g/mol. The van der Waals surface area contributed by atoms with Gasteiger partial charge in [-0.2, -0.15) is 0 Å². The van der Waals surface area contributed by atoms with Crippen molar-refractivity contribution in [2.24, 2.45) is 0 Å². The number of methoxy groups -OCH3 is 1. The number of hydrogen-bond acceptors (Lipinski definition) is 5. The van der Waals surface area contributed by atoms with Crippen LogP contribution in [0.2, 0.25) is 5.02 Å². The molecule has 0 amide bonds. The van der Waals surface area contributed by atoms with Crippen LogP contribution in [0.3, 0.4) is 0 Å². The molecule has 0 aliphatic rings. The van der Waals surface area contributed by atoms with E-state index in [0.29, 0.717) is 28.0 Å². The second-order valence-electron chi connectivity index (χ2n) is 5.32. The molecular weight excluding hydrogens is 374 g/mol. The Morgan fingerprint density at radius 2 is 1.81 bits per heavy atom. The van der Waals surface area contributed by atoms with Crippen molar-refractivity contribution in [1.29, 1.82) is 0 Å². The quantitative estimate of drug-likeness (QED) is 0.657. The second kappa shape index (κ2) is 7.63. The van der Waals surface area contributed by atoms with Crippen LogP contribution >= 0.6 is 11.6 Å². The van der Waals surface area contributed by atoms with Crippen LogP contribution in [-0.4, -0.2) is 20.5 Å². The van der Waals surface area contributed by atoms with Crippen molar-refractivity contribution < 1.29 is 13.2 Å². The number of hydrogen-bond donors (Lipinski definition) is 2. The number of rotatable bonds is 6. The van der Waals surface area contributed by atoms with Gasteiger partial charge in [0, 0.05) is 5.02 Å². The van der Waals surface area contributed by atoms with Crippen molar-refractivity contribution >= 4 is 38.8 Å². The second-order valence-corrected chi connectivity index (χ2v) is 7.44. The number of anilines is 3. The summed E-state index contributed by atoms with van der Waals surface area (Å²) in [5.41, 5.74) is 1.02. The van der Waals surface area contributed by atoms with Gasteiger partial charge >= 0.3 is 0 Å². The lowest BCUT2D eigenvalue weighted by molar-refractivity contribution is 0.417. The summed E-state index contributed by atoms with van der Waals surface area (Å²) in [6.07, 6.45) is 1.43. The van der Waals surface area contributed by atoms with E-state index in [9.17, 15) is 8.42 Å². The van der Waals surface area contributed by atoms with E-state index in [1.165, 1.54) is 18.3 Å². The van der Waals surface area contributed by atoms with Crippen molar-refractivity contribution in [2.45, 2.75) is 4.90 Å². The fourth-order valence-electron chi connectivity index (χ4n) is 2.26. The number of ether oxygens (including phenoxy) is 1. The summed E-state index contributed by atoms with van der Waals surface area (Å²) in [6.45, 7) is 0. The van der Waals surface area contributed by atoms with Gasteiger partial charge in [-0.1, -0.05) is 29.8 Å². The minimum Gasteiger partial charge on any atom is -0.495 e. The molecule has 2 aromatic carbocycles. The number of nitrogens with zero attached hydrogens (tertiary/aromatic N) is 1. The molecular formula is C18H16ClN3O3S. The van der Waals surface area contributed by atoms with Crippen LogP contribution in [0, 0.1) is 0 Å². The molecule has 134 valence electrons. The molecule has 0 aliphatic carbocycles. The van der Waals surface area contributed by atoms with Crippen molar-refractivity contribution in [3.63, 3.8) is 0 Å². The average molecular weight is 390 g/mol. The zero-order chi connectivity index (χ0) is 18.6. The molecule has 0 fully saturated rings. The van der Waals surface area contributed by atoms with Crippen LogP contribution in [0.5, 0.6) is 5.75 Å². The first-order chi connectivity index (χ1) is 12.5. The highest BCUT2D eigenvalue weighted by Gasteiger charge is 2.13. The molecule has 0 unspecified atom stereocenters. The number of halogens is 1. The standard InChI is InChI=1S/C18H16ClN3O3S/c1-25-17-9-7-13(19)11-16(17)21-18-10-8-14(12-20-18)22-26(23,24)15-5-3-2-4-6-15/h2-12,22H,1H3,(H,20,21). The van der Waals surface area contributed by atoms with Crippen LogP contribution in [0.15, 0.2) is 71.8 Å². The molecule has 0 saturated carbocycles. The first-order valence-corrected chi connectivity index (χ1v) is 9.48. The van der Waals surface area contributed by atoms with E-state index in [4.69, 9.17) is 16.3 Å². The summed E-state index contributed by atoms with van der Waals surface area (Å²) < 4.78 is 32.4. The molecule has 6 nitrogen and oxygen atoms in total. The first kappa shape index (κ1) is 18.0. The van der Waals surface area contributed by atoms with Crippen LogP contribution in [0.4, 0.5) is 17.2 Å². The molecule has 1 aromatic heterocycles. The minimum absolute atomic E-state index is 0.186. The van der Waals surface area contributed by atoms with E-state index in [1.807, 2.05) is 0 Å². The smallest absolute Gasteiger partial charge is 0.261 e. The highest BCUT2D eigenvalue weighted by atomic mass is 35.5. The van der Waals surface area contributed by atoms with Gasteiger partial charge in [-0.3, -0.25) is 4.72 Å². The Hall–Kier alpha value is -2.77. The molecule has 0 saturated heterocycles. The largest absolute Gasteiger partial charge is 0.495 e. The fraction of sp³-hybridized carbons (Fsp3) is 0.0556. The van der Waals surface area contributed by atoms with Gasteiger partial charge in [0.15, 0.2) is 0 Å². The summed E-state index contributed by atoms with van der Waals surface area (Å²) in [5.74, 6) is 1.14. The van der Waals surface area contributed by atoms with E-state index in [-0.39, 0.29) is 4.90 Å². The SMILES string of the molecule is COc1ccc(Cl)cc1Nc1ccc(NS(=O)(=O)c2ccccc2)cn1. The van der Waals surface area contributed by atoms with E-state index >= 15 is 0 Å². The number of aromatic nitrogens is 1. The van der Waals surface area contributed by atoms with Gasteiger partial charge in [0.25, 0.3) is 10.0 Å². The molecule has 3 rings (SSSR count). The normalized spacial score (nSPS) is 11.0. The van der Waals surface area contributed by atoms with Gasteiger partial charge in [0.1, 0.15) is 11.6 Å². The van der Waals surface area contributed by atoms with E-state index in [0.717, 1.165) is 0 Å². The molecule has 0 radical (unpaired) electrons. The summed E-state index contributed by atoms with van der Waals surface area (Å²) in [7, 11) is -2.09. The lowest BCUT2D eigenvalue weighted by atomic mass is 10.3. The molecule has 3 aromatic rings. The maximum atomic E-state index is 12.3. The lowest BCUT2D eigenvalue weighted by Crippen LogP contribution is -2.13. The highest BCUT2D eigenvalue weighted by Crippen LogP contribution is 2.30. The Morgan fingerprint density at radius 1 is 1.04 bits per heavy atom. The maximum Gasteiger partial charge on any atom is 0.261 e. The Morgan fingerprint density at radius 3 is 2.46 bits per heavy atom. The highest BCUT2D eigenvalue weighted by molar-refractivity contribution is 7.92. The molecule has 0 spiro atoms. The van der Waals surface area contributed by atoms with Crippen LogP contribution < -0.4 is 14.8 Å². The Bertz CT molecular complexity index is 994. The fourth-order valence-corrected chi connectivity index (χ4v) is 3.49. The summed E-state index contributed by atoms with van der Waals surface area (Å²) >= 11 is 6.00. The Balaban J connectivity index is 1.76. The third kappa shape index (κ3) is 4.25. The number of nitrogens with one attached hydrogen (secondary N) is 2. The third-order valence-corrected chi connectivity index (χ3v) is 5.13. The Kier molecular flexibility index (Phi) is 5.29. The topological polar surface area (TPSA) is 80.3 Å². The molecule has 0 bridgehead atoms. The van der Waals surface area contributed by atoms with Gasteiger partial charge in [-0.05, 0) is 42.5 Å². The van der Waals surface area contributed by atoms with E-state index < -0.39 is 10.0 Å². The van der Waals surface area contributed by atoms with E-state index in [1.54, 1.807) is 55.6 Å². The zero-order valence-corrected chi connectivity index (χ0v) is 15.4. The molecule has 0 atom stereocenters. The minimum atomic E-state index is -3.65. The van der Waals surface area contributed by atoms with Gasteiger partial charge in [-0.25, -0.2) is 13.4 Å². The summed E-state index contributed by atoms with van der Waals surface area (Å²) in [6, 6.07) is 16.6. The van der Waals surface area contributed by atoms with E-state index in [2.05, 4.69) is 15.0 Å². The van der Waals surface area contributed by atoms with Crippen molar-refractivity contribution in [1.82, 2.24) is 4.98 Å². The molecule has 26 heavy (non-hydrogen) atoms. The summed E-state index contributed by atoms with van der Waals surface area (Å²) in [4.78, 5) is 4.41. The van der Waals surface area contributed by atoms with Gasteiger partial charge in [-0.15, -0.1) is 0 Å². The predicted octanol–water partition coefficient (Wildman–Crippen LogP) is 4.29. The van der Waals surface area contributed by atoms with Gasteiger partial charge in [0.2, 0.25) is 0 Å². The maximum absolute atomic E-state index is 12.3. The molecule has 0 aliphatic heterocycles. The van der Waals surface area contributed by atoms with Crippen molar-refractivity contribution in [3.05, 3.63) is 71.9 Å². The van der Waals surface area contributed by atoms with Crippen LogP contribution in [0.25, 0.3) is 0 Å². The van der Waals surface area contributed by atoms with Crippen LogP contribution in [-0.2, 0) is 10.0 Å². The van der Waals surface area contributed by atoms with Gasteiger partial charge in [0.05, 0.1) is 29.6 Å². The average Bonchev–Trinajstić information content (AvgIpc) is 2.64. The number of benzene rings is 2. The number of pyridine rings is 1. The lowest BCUT2D eigenvalue weighted by Gasteiger charge is -2.12. The van der Waals surface area contributed by atoms with Crippen LogP contribution in [0.1, 0.15) is 0 Å². The zero-order valence-electron chi connectivity index (χ0n) is 13.8. The molecule has 1 heterocycles. The summed E-state index contributed by atoms with van der Waals surface area (Å²) in [5, 5.41) is 3.64. The van der Waals surface area contributed by atoms with Crippen molar-refractivity contribution in [3.8, 4) is 5.75 Å². The molecule has 2 N–H and O–H groups in total. The predicted molar refractivity (Wildman–Crippen MR) is 103 cm³/mol. The Labute approximate surface area is 156 Å². The number of sulfonamides is 1. The first-order valence-electron chi connectivity index (χ1n) is 7.62. The third-order valence-electron chi connectivity index (χ3n) is 3.49. The molecule has 8 heteroatoms. The van der Waals surface area contributed by atoms with Crippen molar-refractivity contribution in [2.75, 3.05) is 17.1 Å².